The van der Waals surface area contributed by atoms with Crippen molar-refractivity contribution in [3.8, 4) is 0 Å². The quantitative estimate of drug-likeness (QED) is 0.245. The predicted molar refractivity (Wildman–Crippen MR) is 135 cm³/mol. The molecule has 2 aromatic rings. The average molecular weight is 534 g/mol. The number of hydrogen-bond donors (Lipinski definition) is 1. The van der Waals surface area contributed by atoms with E-state index in [-0.39, 0.29) is 36.0 Å². The van der Waals surface area contributed by atoms with Crippen LogP contribution in [0.25, 0.3) is 6.08 Å². The topological polar surface area (TPSA) is 131 Å². The molecule has 1 N–H and O–H groups in total. The molecule has 2 saturated heterocycles. The van der Waals surface area contributed by atoms with Crippen LogP contribution in [0.2, 0.25) is 0 Å². The van der Waals surface area contributed by atoms with Crippen LogP contribution in [0.4, 0.5) is 26.4 Å². The molecule has 2 aliphatic heterocycles. The number of amides is 2. The van der Waals surface area contributed by atoms with Crippen molar-refractivity contribution in [1.29, 1.82) is 0 Å². The van der Waals surface area contributed by atoms with E-state index in [9.17, 15) is 19.7 Å². The molecule has 3 heterocycles. The zero-order valence-electron chi connectivity index (χ0n) is 19.8. The molecule has 2 aliphatic rings. The highest BCUT2D eigenvalue weighted by molar-refractivity contribution is 7.80. The number of nitro groups is 1. The number of anilines is 2. The highest BCUT2D eigenvalue weighted by atomic mass is 32.1. The van der Waals surface area contributed by atoms with Gasteiger partial charge in [0, 0.05) is 38.8 Å². The fraction of sp³-hybridized carbons (Fsp3) is 0.348. The Labute approximate surface area is 216 Å². The Morgan fingerprint density at radius 2 is 2.05 bits per heavy atom. The number of piperazine rings is 1. The zero-order chi connectivity index (χ0) is 26.5. The number of carbonyl (C=O) groups is 2. The largest absolute Gasteiger partial charge is 0.474 e. The lowest BCUT2D eigenvalue weighted by atomic mass is 10.2. The van der Waals surface area contributed by atoms with Gasteiger partial charge in [0.1, 0.15) is 23.1 Å². The third kappa shape index (κ3) is 5.97. The third-order valence-corrected chi connectivity index (χ3v) is 6.26. The summed E-state index contributed by atoms with van der Waals surface area (Å²) >= 11 is 4.96. The van der Waals surface area contributed by atoms with Crippen LogP contribution in [-0.2, 0) is 14.3 Å². The van der Waals surface area contributed by atoms with Gasteiger partial charge >= 0.3 is 12.0 Å². The van der Waals surface area contributed by atoms with Gasteiger partial charge in [0.15, 0.2) is 0 Å². The molecule has 1 aromatic carbocycles. The van der Waals surface area contributed by atoms with Crippen LogP contribution in [0, 0.1) is 15.9 Å². The van der Waals surface area contributed by atoms with Gasteiger partial charge in [-0.05, 0) is 42.6 Å². The number of thiocarbonyl (C=S) groups is 1. The summed E-state index contributed by atoms with van der Waals surface area (Å²) in [5.74, 6) is -0.995. The third-order valence-electron chi connectivity index (χ3n) is 5.95. The van der Waals surface area contributed by atoms with Gasteiger partial charge in [-0.1, -0.05) is 0 Å². The molecule has 12 nitrogen and oxygen atoms in total. The van der Waals surface area contributed by atoms with Gasteiger partial charge in [0.25, 0.3) is 5.17 Å². The van der Waals surface area contributed by atoms with Crippen LogP contribution in [0.3, 0.4) is 0 Å². The molecule has 2 amide bonds. The number of nitrogens with one attached hydrogen (secondary N) is 1. The van der Waals surface area contributed by atoms with E-state index >= 15 is 4.39 Å². The summed E-state index contributed by atoms with van der Waals surface area (Å²) in [4.78, 5) is 39.6. The lowest BCUT2D eigenvalue weighted by molar-refractivity contribution is -0.402. The molecule has 0 saturated carbocycles. The van der Waals surface area contributed by atoms with Crippen LogP contribution < -0.4 is 15.1 Å². The van der Waals surface area contributed by atoms with Crippen molar-refractivity contribution in [2.75, 3.05) is 56.2 Å². The second kappa shape index (κ2) is 11.2. The Morgan fingerprint density at radius 1 is 1.30 bits per heavy atom. The second-order valence-corrected chi connectivity index (χ2v) is 8.56. The number of halogens is 1. The minimum atomic E-state index is -0.658. The molecular formula is C23H24FN5O7S. The van der Waals surface area contributed by atoms with E-state index in [1.807, 2.05) is 4.90 Å². The molecule has 2 fully saturated rings. The molecule has 1 aromatic heterocycles. The molecule has 0 spiro atoms. The Morgan fingerprint density at radius 3 is 2.70 bits per heavy atom. The van der Waals surface area contributed by atoms with Gasteiger partial charge in [0.05, 0.1) is 30.6 Å². The van der Waals surface area contributed by atoms with Gasteiger partial charge in [-0.15, -0.1) is 0 Å². The molecule has 4 rings (SSSR count). The number of nitrogens with zero attached hydrogens (tertiary/aromatic N) is 4. The van der Waals surface area contributed by atoms with E-state index in [1.165, 1.54) is 42.4 Å². The highest BCUT2D eigenvalue weighted by Crippen LogP contribution is 2.29. The fourth-order valence-corrected chi connectivity index (χ4v) is 4.14. The number of carbonyl (C=O) groups excluding carboxylic acids is 2. The highest BCUT2D eigenvalue weighted by Gasteiger charge is 2.35. The van der Waals surface area contributed by atoms with E-state index in [2.05, 4.69) is 5.32 Å². The van der Waals surface area contributed by atoms with E-state index < -0.39 is 22.7 Å². The first kappa shape index (κ1) is 25.9. The van der Waals surface area contributed by atoms with Gasteiger partial charge in [-0.3, -0.25) is 19.8 Å². The summed E-state index contributed by atoms with van der Waals surface area (Å²) in [5.41, 5.74) is 0.716. The number of methoxy groups -OCH3 is 1. The molecule has 14 heteroatoms. The normalized spacial score (nSPS) is 17.7. The fourth-order valence-electron chi connectivity index (χ4n) is 4.06. The Hall–Kier alpha value is -4.20. The number of cyclic esters (lactones) is 1. The molecule has 196 valence electrons. The number of ether oxygens (including phenoxy) is 2. The zero-order valence-corrected chi connectivity index (χ0v) is 20.6. The van der Waals surface area contributed by atoms with Crippen molar-refractivity contribution in [3.63, 3.8) is 0 Å². The molecule has 37 heavy (non-hydrogen) atoms. The lowest BCUT2D eigenvalue weighted by Crippen LogP contribution is -2.48. The van der Waals surface area contributed by atoms with Crippen molar-refractivity contribution in [3.05, 3.63) is 58.1 Å². The van der Waals surface area contributed by atoms with Gasteiger partial charge in [0.2, 0.25) is 5.91 Å². The minimum absolute atomic E-state index is 0.128. The molecule has 0 unspecified atom stereocenters. The minimum Gasteiger partial charge on any atom is -0.474 e. The summed E-state index contributed by atoms with van der Waals surface area (Å²) in [6.07, 6.45) is 2.08. The first-order valence-electron chi connectivity index (χ1n) is 11.3. The average Bonchev–Trinajstić information content (AvgIpc) is 3.52. The van der Waals surface area contributed by atoms with E-state index in [4.69, 9.17) is 26.1 Å². The SMILES string of the molecule is COC(=S)NC[C@H]1COC(=O)N1c1ccc(N2CCN(C(=O)C=Cc3ccc([N+](=O)[O-])o3)CC2)c(F)c1. The first-order chi connectivity index (χ1) is 17.8. The Bertz CT molecular complexity index is 1230. The van der Waals surface area contributed by atoms with Crippen molar-refractivity contribution in [1.82, 2.24) is 10.2 Å². The summed E-state index contributed by atoms with van der Waals surface area (Å²) in [6, 6.07) is 6.76. The van der Waals surface area contributed by atoms with E-state index in [1.54, 1.807) is 17.0 Å². The lowest BCUT2D eigenvalue weighted by Gasteiger charge is -2.36. The van der Waals surface area contributed by atoms with Crippen LogP contribution in [-0.4, -0.2) is 79.5 Å². The van der Waals surface area contributed by atoms with Crippen molar-refractivity contribution >= 4 is 52.7 Å². The maximum absolute atomic E-state index is 15.1. The van der Waals surface area contributed by atoms with Gasteiger partial charge < -0.3 is 29.0 Å². The number of benzene rings is 1. The van der Waals surface area contributed by atoms with Gasteiger partial charge in [-0.25, -0.2) is 9.18 Å². The van der Waals surface area contributed by atoms with Crippen LogP contribution in [0.5, 0.6) is 0 Å². The smallest absolute Gasteiger partial charge is 0.433 e. The van der Waals surface area contributed by atoms with E-state index in [0.29, 0.717) is 37.6 Å². The van der Waals surface area contributed by atoms with Crippen molar-refractivity contribution in [2.45, 2.75) is 6.04 Å². The summed E-state index contributed by atoms with van der Waals surface area (Å²) in [7, 11) is 1.43. The monoisotopic (exact) mass is 533 g/mol. The molecule has 0 radical (unpaired) electrons. The first-order valence-corrected chi connectivity index (χ1v) is 11.7. The summed E-state index contributed by atoms with van der Waals surface area (Å²) < 4.78 is 30.1. The second-order valence-electron chi connectivity index (χ2n) is 8.19. The van der Waals surface area contributed by atoms with Crippen LogP contribution in [0.15, 0.2) is 40.8 Å². The number of furan rings is 1. The van der Waals surface area contributed by atoms with Crippen LogP contribution in [0.1, 0.15) is 5.76 Å². The Balaban J connectivity index is 1.35. The van der Waals surface area contributed by atoms with Crippen molar-refractivity contribution in [2.24, 2.45) is 0 Å². The predicted octanol–water partition coefficient (Wildman–Crippen LogP) is 2.54. The van der Waals surface area contributed by atoms with Crippen LogP contribution >= 0.6 is 12.2 Å². The maximum atomic E-state index is 15.1. The van der Waals surface area contributed by atoms with Crippen molar-refractivity contribution < 1.29 is 32.8 Å². The molecule has 0 bridgehead atoms. The molecule has 1 atom stereocenters. The summed E-state index contributed by atoms with van der Waals surface area (Å²) in [5, 5.41) is 13.7. The van der Waals surface area contributed by atoms with E-state index in [0.717, 1.165) is 0 Å². The maximum Gasteiger partial charge on any atom is 0.433 e. The number of hydrogen-bond acceptors (Lipinski definition) is 9. The standard InChI is InChI=1S/C23H24FN5O7S/c1-34-22(37)25-13-16-14-35-23(31)28(16)15-2-5-19(18(24)12-15)26-8-10-27(11-9-26)20(30)6-3-17-4-7-21(36-17)29(32)33/h2-7,12,16H,8-11,13-14H2,1H3,(H,25,37)/t16-/m0/s1. The summed E-state index contributed by atoms with van der Waals surface area (Å²) in [6.45, 7) is 1.91. The molecular weight excluding hydrogens is 509 g/mol. The van der Waals surface area contributed by atoms with Gasteiger partial charge in [-0.2, -0.15) is 0 Å². The molecule has 0 aliphatic carbocycles. The number of rotatable bonds is 7. The Kier molecular flexibility index (Phi) is 7.86.